The second kappa shape index (κ2) is 9.54. The van der Waals surface area contributed by atoms with Crippen molar-refractivity contribution in [1.82, 2.24) is 15.6 Å². The van der Waals surface area contributed by atoms with Crippen LogP contribution in [0.1, 0.15) is 39.6 Å². The average Bonchev–Trinajstić information content (AvgIpc) is 2.63. The van der Waals surface area contributed by atoms with E-state index in [0.717, 1.165) is 18.5 Å². The number of benzene rings is 1. The van der Waals surface area contributed by atoms with Crippen LogP contribution in [0.2, 0.25) is 0 Å². The molecule has 0 unspecified atom stereocenters. The predicted octanol–water partition coefficient (Wildman–Crippen LogP) is 2.37. The zero-order valence-corrected chi connectivity index (χ0v) is 14.6. The fraction of sp³-hybridized carbons (Fsp3) is 0.316. The summed E-state index contributed by atoms with van der Waals surface area (Å²) in [6.45, 7) is 6.13. The van der Waals surface area contributed by atoms with Gasteiger partial charge in [-0.1, -0.05) is 19.1 Å². The van der Waals surface area contributed by atoms with Crippen molar-refractivity contribution in [3.63, 3.8) is 0 Å². The van der Waals surface area contributed by atoms with E-state index in [9.17, 15) is 9.59 Å². The molecule has 0 saturated carbocycles. The molecule has 132 valence electrons. The van der Waals surface area contributed by atoms with Crippen molar-refractivity contribution in [2.75, 3.05) is 25.0 Å². The Morgan fingerprint density at radius 2 is 1.76 bits per heavy atom. The molecule has 0 aliphatic carbocycles. The highest BCUT2D eigenvalue weighted by Crippen LogP contribution is 2.21. The smallest absolute Gasteiger partial charge is 0.255 e. The third-order valence-electron chi connectivity index (χ3n) is 3.71. The number of hydrogen-bond acceptors (Lipinski definition) is 4. The van der Waals surface area contributed by atoms with Gasteiger partial charge in [-0.2, -0.15) is 0 Å². The number of pyridine rings is 1. The Labute approximate surface area is 148 Å². The minimum Gasteiger partial charge on any atom is -0.351 e. The van der Waals surface area contributed by atoms with E-state index in [1.165, 1.54) is 0 Å². The van der Waals surface area contributed by atoms with Gasteiger partial charge in [-0.05, 0) is 43.7 Å². The molecule has 2 aromatic rings. The first-order valence-corrected chi connectivity index (χ1v) is 8.43. The van der Waals surface area contributed by atoms with E-state index < -0.39 is 0 Å². The summed E-state index contributed by atoms with van der Waals surface area (Å²) in [5.41, 5.74) is 2.31. The van der Waals surface area contributed by atoms with E-state index in [1.54, 1.807) is 30.6 Å². The number of aryl methyl sites for hydroxylation is 1. The highest BCUT2D eigenvalue weighted by molar-refractivity contribution is 6.09. The zero-order valence-electron chi connectivity index (χ0n) is 14.6. The Morgan fingerprint density at radius 3 is 2.48 bits per heavy atom. The van der Waals surface area contributed by atoms with Gasteiger partial charge in [0.1, 0.15) is 0 Å². The van der Waals surface area contributed by atoms with Gasteiger partial charge in [-0.15, -0.1) is 0 Å². The number of anilines is 1. The van der Waals surface area contributed by atoms with Crippen LogP contribution in [0.4, 0.5) is 5.69 Å². The Hall–Kier alpha value is -2.73. The third-order valence-corrected chi connectivity index (χ3v) is 3.71. The first kappa shape index (κ1) is 18.6. The van der Waals surface area contributed by atoms with Crippen LogP contribution in [-0.4, -0.2) is 36.4 Å². The summed E-state index contributed by atoms with van der Waals surface area (Å²) in [4.78, 5) is 28.8. The average molecular weight is 340 g/mol. The van der Waals surface area contributed by atoms with Crippen LogP contribution in [0, 0.1) is 6.92 Å². The molecule has 1 heterocycles. The molecule has 1 aromatic carbocycles. The van der Waals surface area contributed by atoms with Crippen LogP contribution < -0.4 is 16.0 Å². The number of rotatable bonds is 8. The lowest BCUT2D eigenvalue weighted by atomic mass is 10.1. The molecule has 0 saturated heterocycles. The molecule has 0 radical (unpaired) electrons. The lowest BCUT2D eigenvalue weighted by Crippen LogP contribution is -2.32. The number of para-hydroxylation sites is 1. The number of nitrogens with zero attached hydrogens (tertiary/aromatic N) is 1. The molecular formula is C19H24N4O2. The molecule has 0 bridgehead atoms. The van der Waals surface area contributed by atoms with Gasteiger partial charge < -0.3 is 16.0 Å². The van der Waals surface area contributed by atoms with Crippen LogP contribution in [0.5, 0.6) is 0 Å². The largest absolute Gasteiger partial charge is 0.351 e. The molecule has 6 heteroatoms. The molecule has 3 N–H and O–H groups in total. The maximum Gasteiger partial charge on any atom is 0.255 e. The number of nitrogens with one attached hydrogen (secondary N) is 3. The summed E-state index contributed by atoms with van der Waals surface area (Å²) in [5.74, 6) is -0.470. The minimum atomic E-state index is -0.268. The molecule has 2 amide bonds. The highest BCUT2D eigenvalue weighted by atomic mass is 16.2. The van der Waals surface area contributed by atoms with Crippen molar-refractivity contribution in [2.45, 2.75) is 20.3 Å². The van der Waals surface area contributed by atoms with Gasteiger partial charge in [0.05, 0.1) is 11.3 Å². The Bertz CT molecular complexity index is 717. The van der Waals surface area contributed by atoms with E-state index >= 15 is 0 Å². The van der Waals surface area contributed by atoms with Gasteiger partial charge >= 0.3 is 0 Å². The van der Waals surface area contributed by atoms with Crippen molar-refractivity contribution < 1.29 is 9.59 Å². The van der Waals surface area contributed by atoms with Gasteiger partial charge in [-0.25, -0.2) is 0 Å². The van der Waals surface area contributed by atoms with Gasteiger partial charge in [0.25, 0.3) is 11.8 Å². The standard InChI is InChI=1S/C19H24N4O2/c1-3-9-20-12-13-22-19(25)16-6-4-5-14(2)17(16)23-18(24)15-7-10-21-11-8-15/h4-8,10-11,20H,3,9,12-13H2,1-2H3,(H,22,25)(H,23,24). The minimum absolute atomic E-state index is 0.202. The molecule has 6 nitrogen and oxygen atoms in total. The fourth-order valence-electron chi connectivity index (χ4n) is 2.37. The molecule has 0 atom stereocenters. The van der Waals surface area contributed by atoms with E-state index in [0.29, 0.717) is 29.9 Å². The summed E-state index contributed by atoms with van der Waals surface area (Å²) in [7, 11) is 0. The van der Waals surface area contributed by atoms with Crippen LogP contribution >= 0.6 is 0 Å². The van der Waals surface area contributed by atoms with Gasteiger partial charge in [0.15, 0.2) is 0 Å². The molecule has 0 aliphatic rings. The van der Waals surface area contributed by atoms with Gasteiger partial charge in [0, 0.05) is 31.0 Å². The molecule has 25 heavy (non-hydrogen) atoms. The monoisotopic (exact) mass is 340 g/mol. The number of hydrogen-bond donors (Lipinski definition) is 3. The second-order valence-electron chi connectivity index (χ2n) is 5.69. The van der Waals surface area contributed by atoms with E-state index in [2.05, 4.69) is 27.9 Å². The van der Waals surface area contributed by atoms with Crippen molar-refractivity contribution in [3.05, 3.63) is 59.4 Å². The Balaban J connectivity index is 2.08. The maximum atomic E-state index is 12.5. The fourth-order valence-corrected chi connectivity index (χ4v) is 2.37. The second-order valence-corrected chi connectivity index (χ2v) is 5.69. The third kappa shape index (κ3) is 5.39. The quantitative estimate of drug-likeness (QED) is 0.644. The van der Waals surface area contributed by atoms with Crippen molar-refractivity contribution in [1.29, 1.82) is 0 Å². The molecule has 0 aliphatic heterocycles. The highest BCUT2D eigenvalue weighted by Gasteiger charge is 2.16. The van der Waals surface area contributed by atoms with E-state index in [1.807, 2.05) is 19.1 Å². The van der Waals surface area contributed by atoms with E-state index in [-0.39, 0.29) is 11.8 Å². The number of carbonyl (C=O) groups is 2. The first-order chi connectivity index (χ1) is 12.1. The number of aromatic nitrogens is 1. The van der Waals surface area contributed by atoms with E-state index in [4.69, 9.17) is 0 Å². The lowest BCUT2D eigenvalue weighted by Gasteiger charge is -2.14. The molecule has 2 rings (SSSR count). The Morgan fingerprint density at radius 1 is 1.00 bits per heavy atom. The summed E-state index contributed by atoms with van der Waals surface area (Å²) < 4.78 is 0. The van der Waals surface area contributed by atoms with Crippen LogP contribution in [-0.2, 0) is 0 Å². The van der Waals surface area contributed by atoms with Crippen LogP contribution in [0.3, 0.4) is 0 Å². The molecule has 0 spiro atoms. The Kier molecular flexibility index (Phi) is 7.10. The first-order valence-electron chi connectivity index (χ1n) is 8.43. The summed E-state index contributed by atoms with van der Waals surface area (Å²) in [6, 6.07) is 8.65. The molecular weight excluding hydrogens is 316 g/mol. The van der Waals surface area contributed by atoms with Gasteiger partial charge in [-0.3, -0.25) is 14.6 Å². The SMILES string of the molecule is CCCNCCNC(=O)c1cccc(C)c1NC(=O)c1ccncc1. The zero-order chi connectivity index (χ0) is 18.1. The predicted molar refractivity (Wildman–Crippen MR) is 98.9 cm³/mol. The summed E-state index contributed by atoms with van der Waals surface area (Å²) in [5, 5.41) is 8.95. The number of carbonyl (C=O) groups excluding carboxylic acids is 2. The van der Waals surface area contributed by atoms with Crippen molar-refractivity contribution in [3.8, 4) is 0 Å². The van der Waals surface area contributed by atoms with Crippen molar-refractivity contribution in [2.24, 2.45) is 0 Å². The lowest BCUT2D eigenvalue weighted by molar-refractivity contribution is 0.0954. The summed E-state index contributed by atoms with van der Waals surface area (Å²) in [6.07, 6.45) is 4.17. The van der Waals surface area contributed by atoms with Crippen molar-refractivity contribution >= 4 is 17.5 Å². The number of amides is 2. The normalized spacial score (nSPS) is 10.3. The molecule has 1 aromatic heterocycles. The topological polar surface area (TPSA) is 83.1 Å². The van der Waals surface area contributed by atoms with Crippen LogP contribution in [0.25, 0.3) is 0 Å². The summed E-state index contributed by atoms with van der Waals surface area (Å²) >= 11 is 0. The van der Waals surface area contributed by atoms with Gasteiger partial charge in [0.2, 0.25) is 0 Å². The maximum absolute atomic E-state index is 12.5. The molecule has 0 fully saturated rings. The van der Waals surface area contributed by atoms with Crippen LogP contribution in [0.15, 0.2) is 42.7 Å².